The predicted octanol–water partition coefficient (Wildman–Crippen LogP) is 1.83. The number of epoxide rings is 1. The molecule has 2 unspecified atom stereocenters. The molecule has 0 spiro atoms. The first-order valence-electron chi connectivity index (χ1n) is 5.41. The topological polar surface area (TPSA) is 87.1 Å². The molecule has 0 aromatic heterocycles. The van der Waals surface area contributed by atoms with Crippen molar-refractivity contribution in [1.82, 2.24) is 0 Å². The van der Waals surface area contributed by atoms with E-state index < -0.39 is 17.4 Å². The molecule has 1 heterocycles. The molecular weight excluding hydrogens is 304 g/mol. The highest BCUT2D eigenvalue weighted by Gasteiger charge is 2.34. The van der Waals surface area contributed by atoms with Crippen LogP contribution in [0.25, 0.3) is 0 Å². The van der Waals surface area contributed by atoms with E-state index in [1.165, 1.54) is 25.2 Å². The number of carbonyl (C=O) groups is 2. The number of allylic oxidation sites excluding steroid dienone is 2. The molecule has 2 atom stereocenters. The highest BCUT2D eigenvalue weighted by molar-refractivity contribution is 9.09. The van der Waals surface area contributed by atoms with Crippen LogP contribution in [0.1, 0.15) is 13.3 Å². The Hall–Kier alpha value is -1.14. The Balaban J connectivity index is 0.000000269. The highest BCUT2D eigenvalue weighted by atomic mass is 79.9. The Morgan fingerprint density at radius 2 is 2.17 bits per heavy atom. The molecule has 1 aliphatic carbocycles. The van der Waals surface area contributed by atoms with Crippen LogP contribution in [0.2, 0.25) is 0 Å². The smallest absolute Gasteiger partial charge is 0.331 e. The third-order valence-corrected chi connectivity index (χ3v) is 3.38. The van der Waals surface area contributed by atoms with Crippen molar-refractivity contribution in [2.45, 2.75) is 19.4 Å². The Morgan fingerprint density at radius 3 is 2.50 bits per heavy atom. The molecule has 6 heteroatoms. The van der Waals surface area contributed by atoms with Crippen LogP contribution in [-0.2, 0) is 14.3 Å². The molecule has 2 aliphatic rings. The van der Waals surface area contributed by atoms with Gasteiger partial charge in [0, 0.05) is 10.9 Å². The zero-order chi connectivity index (χ0) is 13.8. The van der Waals surface area contributed by atoms with Gasteiger partial charge in [-0.1, -0.05) is 34.2 Å². The van der Waals surface area contributed by atoms with E-state index in [1.54, 1.807) is 0 Å². The Bertz CT molecular complexity index is 397. The highest BCUT2D eigenvalue weighted by Crippen LogP contribution is 2.31. The average Bonchev–Trinajstić information content (AvgIpc) is 3.13. The molecule has 1 fully saturated rings. The van der Waals surface area contributed by atoms with Crippen LogP contribution < -0.4 is 0 Å². The SMILES string of the molecule is BrCC1CO1.CC1(C(=O)O)C=CC=C(C(=O)O)C1. The van der Waals surface area contributed by atoms with E-state index in [4.69, 9.17) is 14.9 Å². The molecule has 1 aliphatic heterocycles. The van der Waals surface area contributed by atoms with Crippen molar-refractivity contribution in [3.63, 3.8) is 0 Å². The lowest BCUT2D eigenvalue weighted by molar-refractivity contribution is -0.145. The molecule has 0 aromatic carbocycles. The van der Waals surface area contributed by atoms with Crippen molar-refractivity contribution in [3.05, 3.63) is 23.8 Å². The van der Waals surface area contributed by atoms with E-state index in [-0.39, 0.29) is 12.0 Å². The van der Waals surface area contributed by atoms with Gasteiger partial charge < -0.3 is 14.9 Å². The van der Waals surface area contributed by atoms with Gasteiger partial charge in [-0.3, -0.25) is 4.79 Å². The first kappa shape index (κ1) is 14.9. The summed E-state index contributed by atoms with van der Waals surface area (Å²) in [5.74, 6) is -2.06. The number of carboxylic acid groups (broad SMARTS) is 2. The van der Waals surface area contributed by atoms with Crippen LogP contribution in [0.5, 0.6) is 0 Å². The molecule has 0 bridgehead atoms. The van der Waals surface area contributed by atoms with Crippen LogP contribution in [0.4, 0.5) is 0 Å². The van der Waals surface area contributed by atoms with Crippen molar-refractivity contribution in [2.75, 3.05) is 11.9 Å². The molecule has 2 N–H and O–H groups in total. The maximum absolute atomic E-state index is 10.8. The fourth-order valence-corrected chi connectivity index (χ4v) is 1.71. The second-order valence-electron chi connectivity index (χ2n) is 4.37. The second kappa shape index (κ2) is 6.15. The fourth-order valence-electron chi connectivity index (χ4n) is 1.34. The standard InChI is InChI=1S/C9H10O4.C3H5BrO/c1-9(8(12)13)4-2-3-6(5-9)7(10)11;4-1-3-2-5-3/h2-4H,5H2,1H3,(H,10,11)(H,12,13);3H,1-2H2. The van der Waals surface area contributed by atoms with Gasteiger partial charge >= 0.3 is 11.9 Å². The molecule has 2 rings (SSSR count). The lowest BCUT2D eigenvalue weighted by atomic mass is 9.80. The van der Waals surface area contributed by atoms with E-state index in [2.05, 4.69) is 15.9 Å². The summed E-state index contributed by atoms with van der Waals surface area (Å²) < 4.78 is 4.81. The van der Waals surface area contributed by atoms with Crippen molar-refractivity contribution in [1.29, 1.82) is 0 Å². The van der Waals surface area contributed by atoms with E-state index in [0.29, 0.717) is 6.10 Å². The number of aliphatic carboxylic acids is 2. The molecule has 1 saturated heterocycles. The van der Waals surface area contributed by atoms with Gasteiger partial charge in [-0.15, -0.1) is 0 Å². The number of ether oxygens (including phenoxy) is 1. The summed E-state index contributed by atoms with van der Waals surface area (Å²) in [6.45, 7) is 2.47. The van der Waals surface area contributed by atoms with E-state index >= 15 is 0 Å². The van der Waals surface area contributed by atoms with E-state index in [0.717, 1.165) is 11.9 Å². The zero-order valence-electron chi connectivity index (χ0n) is 9.93. The molecule has 0 saturated carbocycles. The van der Waals surface area contributed by atoms with Gasteiger partial charge in [-0.25, -0.2) is 4.79 Å². The summed E-state index contributed by atoms with van der Waals surface area (Å²) in [5.41, 5.74) is -0.949. The van der Waals surface area contributed by atoms with E-state index in [9.17, 15) is 9.59 Å². The summed E-state index contributed by atoms with van der Waals surface area (Å²) in [6, 6.07) is 0. The second-order valence-corrected chi connectivity index (χ2v) is 5.01. The number of hydrogen-bond donors (Lipinski definition) is 2. The molecular formula is C12H15BrO5. The van der Waals surface area contributed by atoms with Gasteiger partial charge in [-0.05, 0) is 13.3 Å². The van der Waals surface area contributed by atoms with Crippen molar-refractivity contribution in [2.24, 2.45) is 5.41 Å². The van der Waals surface area contributed by atoms with Gasteiger partial charge in [0.25, 0.3) is 0 Å². The van der Waals surface area contributed by atoms with E-state index in [1.807, 2.05) is 0 Å². The average molecular weight is 319 g/mol. The third-order valence-electron chi connectivity index (χ3n) is 2.66. The van der Waals surface area contributed by atoms with Crippen LogP contribution in [0.15, 0.2) is 23.8 Å². The number of alkyl halides is 1. The van der Waals surface area contributed by atoms with Crippen LogP contribution >= 0.6 is 15.9 Å². The largest absolute Gasteiger partial charge is 0.481 e. The van der Waals surface area contributed by atoms with Gasteiger partial charge in [0.15, 0.2) is 0 Å². The summed E-state index contributed by atoms with van der Waals surface area (Å²) >= 11 is 3.25. The minimum Gasteiger partial charge on any atom is -0.481 e. The summed E-state index contributed by atoms with van der Waals surface area (Å²) in [6.07, 6.45) is 4.99. The lowest BCUT2D eigenvalue weighted by Crippen LogP contribution is -2.28. The molecule has 0 amide bonds. The molecule has 100 valence electrons. The normalized spacial score (nSPS) is 28.8. The van der Waals surface area contributed by atoms with Gasteiger partial charge in [0.1, 0.15) is 0 Å². The quantitative estimate of drug-likeness (QED) is 0.612. The molecule has 18 heavy (non-hydrogen) atoms. The maximum Gasteiger partial charge on any atom is 0.331 e. The Morgan fingerprint density at radius 1 is 1.56 bits per heavy atom. The molecule has 5 nitrogen and oxygen atoms in total. The third kappa shape index (κ3) is 4.27. The van der Waals surface area contributed by atoms with Crippen LogP contribution in [-0.4, -0.2) is 40.2 Å². The zero-order valence-corrected chi connectivity index (χ0v) is 11.5. The first-order chi connectivity index (χ1) is 8.39. The Labute approximate surface area is 113 Å². The number of rotatable bonds is 3. The maximum atomic E-state index is 10.8. The van der Waals surface area contributed by atoms with Gasteiger partial charge in [0.2, 0.25) is 0 Å². The summed E-state index contributed by atoms with van der Waals surface area (Å²) in [4.78, 5) is 21.3. The predicted molar refractivity (Wildman–Crippen MR) is 68.8 cm³/mol. The van der Waals surface area contributed by atoms with Gasteiger partial charge in [-0.2, -0.15) is 0 Å². The lowest BCUT2D eigenvalue weighted by Gasteiger charge is -2.23. The first-order valence-corrected chi connectivity index (χ1v) is 6.54. The monoisotopic (exact) mass is 318 g/mol. The summed E-state index contributed by atoms with van der Waals surface area (Å²) in [7, 11) is 0. The van der Waals surface area contributed by atoms with Crippen molar-refractivity contribution < 1.29 is 24.5 Å². The van der Waals surface area contributed by atoms with Crippen LogP contribution in [0, 0.1) is 5.41 Å². The Kier molecular flexibility index (Phi) is 5.10. The summed E-state index contributed by atoms with van der Waals surface area (Å²) in [5, 5.41) is 18.5. The molecule has 0 aromatic rings. The van der Waals surface area contributed by atoms with Crippen molar-refractivity contribution >= 4 is 27.9 Å². The fraction of sp³-hybridized carbons (Fsp3) is 0.500. The van der Waals surface area contributed by atoms with Gasteiger partial charge in [0.05, 0.1) is 18.1 Å². The number of hydrogen-bond acceptors (Lipinski definition) is 3. The minimum atomic E-state index is -1.08. The number of halogens is 1. The van der Waals surface area contributed by atoms with Crippen LogP contribution in [0.3, 0.4) is 0 Å². The number of carboxylic acids is 2. The van der Waals surface area contributed by atoms with Crippen molar-refractivity contribution in [3.8, 4) is 0 Å². The molecule has 0 radical (unpaired) electrons. The minimum absolute atomic E-state index is 0.0359.